The van der Waals surface area contributed by atoms with Gasteiger partial charge in [-0.3, -0.25) is 0 Å². The van der Waals surface area contributed by atoms with Gasteiger partial charge in [-0.05, 0) is 49.4 Å². The molecule has 0 aromatic heterocycles. The Morgan fingerprint density at radius 3 is 1.23 bits per heavy atom. The van der Waals surface area contributed by atoms with Crippen LogP contribution >= 0.6 is 0 Å². The van der Waals surface area contributed by atoms with E-state index in [0.717, 1.165) is 23.7 Å². The van der Waals surface area contributed by atoms with Crippen LogP contribution in [0.5, 0.6) is 0 Å². The molecular formula is C26H50. The van der Waals surface area contributed by atoms with Gasteiger partial charge < -0.3 is 0 Å². The predicted molar refractivity (Wildman–Crippen MR) is 118 cm³/mol. The maximum absolute atomic E-state index is 2.33. The summed E-state index contributed by atoms with van der Waals surface area (Å²) in [5.41, 5.74) is 0. The summed E-state index contributed by atoms with van der Waals surface area (Å²) in [5, 5.41) is 0. The van der Waals surface area contributed by atoms with E-state index >= 15 is 0 Å². The lowest BCUT2D eigenvalue weighted by Gasteiger charge is -2.38. The molecule has 0 aromatic rings. The van der Waals surface area contributed by atoms with E-state index in [9.17, 15) is 0 Å². The molecule has 0 bridgehead atoms. The largest absolute Gasteiger partial charge is 0.0654 e. The molecule has 2 rings (SSSR count). The first kappa shape index (κ1) is 22.3. The van der Waals surface area contributed by atoms with E-state index in [-0.39, 0.29) is 0 Å². The van der Waals surface area contributed by atoms with Crippen LogP contribution in [-0.2, 0) is 0 Å². The summed E-state index contributed by atoms with van der Waals surface area (Å²) in [6, 6.07) is 0. The maximum Gasteiger partial charge on any atom is -0.0386 e. The van der Waals surface area contributed by atoms with Gasteiger partial charge in [-0.15, -0.1) is 0 Å². The molecule has 0 amide bonds. The predicted octanol–water partition coefficient (Wildman–Crippen LogP) is 9.32. The summed E-state index contributed by atoms with van der Waals surface area (Å²) < 4.78 is 0. The van der Waals surface area contributed by atoms with Crippen LogP contribution in [-0.4, -0.2) is 0 Å². The van der Waals surface area contributed by atoms with Gasteiger partial charge in [-0.1, -0.05) is 117 Å². The van der Waals surface area contributed by atoms with Crippen molar-refractivity contribution in [2.24, 2.45) is 23.7 Å². The number of rotatable bonds is 13. The lowest BCUT2D eigenvalue weighted by Crippen LogP contribution is -2.25. The standard InChI is InChI=1S/C26H50/c1-3-5-7-8-9-10-12-14-24-17-21-26(22-18-24)25-19-15-23(16-20-25)13-11-6-4-2/h23-26H,3-22H2,1-2H3. The zero-order valence-corrected chi connectivity index (χ0v) is 18.5. The van der Waals surface area contributed by atoms with Crippen LogP contribution in [0.1, 0.15) is 142 Å². The first-order valence-electron chi connectivity index (χ1n) is 12.8. The highest BCUT2D eigenvalue weighted by Crippen LogP contribution is 2.43. The molecular weight excluding hydrogens is 312 g/mol. The molecule has 2 aliphatic carbocycles. The van der Waals surface area contributed by atoms with E-state index in [1.54, 1.807) is 57.8 Å². The Labute approximate surface area is 166 Å². The Bertz CT molecular complexity index is 304. The molecule has 0 saturated heterocycles. The van der Waals surface area contributed by atoms with Crippen molar-refractivity contribution in [3.63, 3.8) is 0 Å². The molecule has 154 valence electrons. The lowest BCUT2D eigenvalue weighted by molar-refractivity contribution is 0.139. The van der Waals surface area contributed by atoms with E-state index in [1.807, 2.05) is 0 Å². The first-order valence-corrected chi connectivity index (χ1v) is 12.8. The van der Waals surface area contributed by atoms with Gasteiger partial charge in [0.15, 0.2) is 0 Å². The molecule has 0 unspecified atom stereocenters. The Balaban J connectivity index is 1.48. The van der Waals surface area contributed by atoms with Crippen molar-refractivity contribution in [3.8, 4) is 0 Å². The zero-order valence-electron chi connectivity index (χ0n) is 18.5. The topological polar surface area (TPSA) is 0 Å². The molecule has 0 atom stereocenters. The highest BCUT2D eigenvalue weighted by atomic mass is 14.4. The fourth-order valence-electron chi connectivity index (χ4n) is 5.97. The number of hydrogen-bond donors (Lipinski definition) is 0. The van der Waals surface area contributed by atoms with E-state index in [2.05, 4.69) is 13.8 Å². The molecule has 0 radical (unpaired) electrons. The summed E-state index contributed by atoms with van der Waals surface area (Å²) in [6.45, 7) is 4.65. The summed E-state index contributed by atoms with van der Waals surface area (Å²) in [5.74, 6) is 4.40. The van der Waals surface area contributed by atoms with Gasteiger partial charge in [0.1, 0.15) is 0 Å². The Morgan fingerprint density at radius 1 is 0.423 bits per heavy atom. The van der Waals surface area contributed by atoms with Crippen molar-refractivity contribution in [1.82, 2.24) is 0 Å². The molecule has 0 aliphatic heterocycles. The monoisotopic (exact) mass is 362 g/mol. The minimum absolute atomic E-state index is 1.09. The molecule has 0 heterocycles. The van der Waals surface area contributed by atoms with Gasteiger partial charge in [0, 0.05) is 0 Å². The van der Waals surface area contributed by atoms with Gasteiger partial charge in [0.25, 0.3) is 0 Å². The Kier molecular flexibility index (Phi) is 12.1. The van der Waals surface area contributed by atoms with Crippen LogP contribution in [0.15, 0.2) is 0 Å². The highest BCUT2D eigenvalue weighted by Gasteiger charge is 2.30. The second-order valence-corrected chi connectivity index (χ2v) is 9.97. The second-order valence-electron chi connectivity index (χ2n) is 9.97. The van der Waals surface area contributed by atoms with Crippen molar-refractivity contribution in [1.29, 1.82) is 0 Å². The molecule has 2 fully saturated rings. The molecule has 26 heavy (non-hydrogen) atoms. The third-order valence-corrected chi connectivity index (χ3v) is 7.88. The van der Waals surface area contributed by atoms with E-state index < -0.39 is 0 Å². The first-order chi connectivity index (χ1) is 12.8. The zero-order chi connectivity index (χ0) is 18.5. The van der Waals surface area contributed by atoms with Crippen molar-refractivity contribution >= 4 is 0 Å². The summed E-state index contributed by atoms with van der Waals surface area (Å²) >= 11 is 0. The molecule has 0 spiro atoms. The van der Waals surface area contributed by atoms with Crippen molar-refractivity contribution in [2.45, 2.75) is 142 Å². The van der Waals surface area contributed by atoms with Crippen LogP contribution in [0.25, 0.3) is 0 Å². The Hall–Kier alpha value is 0. The SMILES string of the molecule is CCCCCCCCCC1CCC(C2CCC(CCCCC)CC2)CC1. The van der Waals surface area contributed by atoms with Gasteiger partial charge in [-0.25, -0.2) is 0 Å². The van der Waals surface area contributed by atoms with Crippen molar-refractivity contribution in [3.05, 3.63) is 0 Å². The molecule has 2 aliphatic rings. The fourth-order valence-corrected chi connectivity index (χ4v) is 5.97. The number of unbranched alkanes of at least 4 members (excludes halogenated alkanes) is 8. The minimum atomic E-state index is 1.09. The lowest BCUT2D eigenvalue weighted by atomic mass is 9.68. The Morgan fingerprint density at radius 2 is 0.769 bits per heavy atom. The molecule has 0 aromatic carbocycles. The summed E-state index contributed by atoms with van der Waals surface area (Å²) in [7, 11) is 0. The van der Waals surface area contributed by atoms with Crippen LogP contribution in [0.3, 0.4) is 0 Å². The van der Waals surface area contributed by atoms with E-state index in [4.69, 9.17) is 0 Å². The molecule has 0 nitrogen and oxygen atoms in total. The third-order valence-electron chi connectivity index (χ3n) is 7.88. The van der Waals surface area contributed by atoms with Gasteiger partial charge in [0.2, 0.25) is 0 Å². The van der Waals surface area contributed by atoms with Crippen LogP contribution < -0.4 is 0 Å². The normalized spacial score (nSPS) is 29.8. The quantitative estimate of drug-likeness (QED) is 0.286. The fraction of sp³-hybridized carbons (Fsp3) is 1.00. The minimum Gasteiger partial charge on any atom is -0.0654 e. The average Bonchev–Trinajstić information content (AvgIpc) is 2.69. The molecule has 2 saturated carbocycles. The number of hydrogen-bond acceptors (Lipinski definition) is 0. The summed E-state index contributed by atoms with van der Waals surface area (Å²) in [4.78, 5) is 0. The molecule has 0 heteroatoms. The van der Waals surface area contributed by atoms with Crippen molar-refractivity contribution in [2.75, 3.05) is 0 Å². The van der Waals surface area contributed by atoms with Crippen molar-refractivity contribution < 1.29 is 0 Å². The van der Waals surface area contributed by atoms with Crippen LogP contribution in [0, 0.1) is 23.7 Å². The molecule has 0 N–H and O–H groups in total. The van der Waals surface area contributed by atoms with Crippen LogP contribution in [0.4, 0.5) is 0 Å². The van der Waals surface area contributed by atoms with E-state index in [1.165, 1.54) is 70.6 Å². The highest BCUT2D eigenvalue weighted by molar-refractivity contribution is 4.82. The van der Waals surface area contributed by atoms with Gasteiger partial charge in [-0.2, -0.15) is 0 Å². The van der Waals surface area contributed by atoms with Crippen LogP contribution in [0.2, 0.25) is 0 Å². The average molecular weight is 363 g/mol. The summed E-state index contributed by atoms with van der Waals surface area (Å²) in [6.07, 6.45) is 30.3. The smallest absolute Gasteiger partial charge is 0.0386 e. The van der Waals surface area contributed by atoms with Gasteiger partial charge in [0.05, 0.1) is 0 Å². The second kappa shape index (κ2) is 14.1. The van der Waals surface area contributed by atoms with E-state index in [0.29, 0.717) is 0 Å². The van der Waals surface area contributed by atoms with Gasteiger partial charge >= 0.3 is 0 Å². The third kappa shape index (κ3) is 8.79. The maximum atomic E-state index is 2.33.